The van der Waals surface area contributed by atoms with Crippen LogP contribution in [-0.2, 0) is 14.4 Å². The zero-order valence-corrected chi connectivity index (χ0v) is 9.39. The van der Waals surface area contributed by atoms with Crippen molar-refractivity contribution in [1.29, 1.82) is 0 Å². The van der Waals surface area contributed by atoms with Crippen molar-refractivity contribution in [2.45, 2.75) is 18.4 Å². The minimum atomic E-state index is -2.28. The number of carboxylic acids is 1. The Labute approximate surface area is 128 Å². The summed E-state index contributed by atoms with van der Waals surface area (Å²) < 4.78 is 0. The summed E-state index contributed by atoms with van der Waals surface area (Å²) in [5, 5.41) is 18.8. The predicted octanol–water partition coefficient (Wildman–Crippen LogP) is -11.9. The molecule has 0 aliphatic heterocycles. The Morgan fingerprint density at radius 1 is 1.19 bits per heavy atom. The van der Waals surface area contributed by atoms with Gasteiger partial charge in [0.25, 0.3) is 0 Å². The van der Waals surface area contributed by atoms with E-state index in [2.05, 4.69) is 0 Å². The van der Waals surface area contributed by atoms with Crippen LogP contribution in [0.25, 0.3) is 0 Å². The van der Waals surface area contributed by atoms with Crippen LogP contribution in [0.5, 0.6) is 0 Å². The van der Waals surface area contributed by atoms with Gasteiger partial charge in [0, 0.05) is 5.97 Å². The number of aliphatic carboxylic acids is 1. The Morgan fingerprint density at radius 3 is 1.75 bits per heavy atom. The van der Waals surface area contributed by atoms with Gasteiger partial charge in [-0.1, -0.05) is 0 Å². The van der Waals surface area contributed by atoms with Crippen LogP contribution in [0.15, 0.2) is 0 Å². The van der Waals surface area contributed by atoms with Crippen LogP contribution in [0.2, 0.25) is 0 Å². The summed E-state index contributed by atoms with van der Waals surface area (Å²) in [6, 6.07) is 0. The Balaban J connectivity index is -0.0000000500. The minimum Gasteiger partial charge on any atom is -0.870 e. The molecule has 0 bridgehead atoms. The van der Waals surface area contributed by atoms with Gasteiger partial charge in [-0.3, -0.25) is 6.29 Å². The van der Waals surface area contributed by atoms with Crippen LogP contribution >= 0.6 is 0 Å². The summed E-state index contributed by atoms with van der Waals surface area (Å²) in [4.78, 5) is 29.5. The summed E-state index contributed by atoms with van der Waals surface area (Å²) in [5.74, 6) is -1.62. The quantitative estimate of drug-likeness (QED) is 0.350. The van der Waals surface area contributed by atoms with Crippen LogP contribution in [0, 0.1) is 0 Å². The Hall–Kier alpha value is 0.482. The molecule has 16 heavy (non-hydrogen) atoms. The van der Waals surface area contributed by atoms with E-state index in [0.717, 1.165) is 6.29 Å². The Morgan fingerprint density at radius 2 is 1.56 bits per heavy atom. The molecule has 7 nitrogen and oxygen atoms in total. The number of hydrogen-bond donors (Lipinski definition) is 1. The number of carbonyl (C=O) groups excluding carboxylic acids is 3. The molecular weight excluding hydrogens is 205 g/mol. The van der Waals surface area contributed by atoms with Crippen LogP contribution in [0.3, 0.4) is 0 Å². The van der Waals surface area contributed by atoms with Gasteiger partial charge in [-0.15, -0.1) is 6.42 Å². The predicted molar refractivity (Wildman–Crippen MR) is 34.4 cm³/mol. The van der Waals surface area contributed by atoms with Crippen LogP contribution < -0.4 is 61.7 Å². The molecule has 0 amide bonds. The molecule has 0 aromatic carbocycles. The first-order chi connectivity index (χ1) is 5.04. The first-order valence-corrected chi connectivity index (χ1v) is 2.70. The number of hydrogen-bond acceptors (Lipinski definition) is 7. The molecular formula is C6H7Li3O7-2. The topological polar surface area (TPSA) is 154 Å². The third-order valence-corrected chi connectivity index (χ3v) is 0.991. The van der Waals surface area contributed by atoms with E-state index >= 15 is 0 Å². The number of carbonyl (C=O) groups is 1. The van der Waals surface area contributed by atoms with Crippen molar-refractivity contribution in [1.82, 2.24) is 0 Å². The summed E-state index contributed by atoms with van der Waals surface area (Å²) in [6.07, 6.45) is 0.601. The van der Waals surface area contributed by atoms with Gasteiger partial charge in [0.15, 0.2) is 0 Å². The standard InChI is InChI=1S/C6H6O5.3Li.2H2O/c7-2-1-6(11,4-8)3-5(9)10;;;;;/h11H,1,3H2,(H,9,10);;;;2*1H2/q-2;3*+1;;/p-3. The monoisotopic (exact) mass is 212 g/mol. The van der Waals surface area contributed by atoms with Gasteiger partial charge in [0.2, 0.25) is 0 Å². The molecule has 0 aliphatic rings. The third kappa shape index (κ3) is 16.9. The van der Waals surface area contributed by atoms with Crippen molar-refractivity contribution < 1.29 is 92.1 Å². The molecule has 78 valence electrons. The summed E-state index contributed by atoms with van der Waals surface area (Å²) in [5.41, 5.74) is -2.28. The molecule has 1 unspecified atom stereocenters. The number of rotatable bonds is 5. The zero-order chi connectivity index (χ0) is 8.91. The van der Waals surface area contributed by atoms with Crippen molar-refractivity contribution in [2.24, 2.45) is 0 Å². The van der Waals surface area contributed by atoms with Crippen LogP contribution in [0.1, 0.15) is 12.8 Å². The summed E-state index contributed by atoms with van der Waals surface area (Å²) in [7, 11) is 0. The van der Waals surface area contributed by atoms with Crippen molar-refractivity contribution in [3.8, 4) is 0 Å². The molecule has 0 saturated carbocycles. The molecule has 3 N–H and O–H groups in total. The van der Waals surface area contributed by atoms with Gasteiger partial charge in [-0.25, -0.2) is 6.29 Å². The molecule has 0 heterocycles. The summed E-state index contributed by atoms with van der Waals surface area (Å²) in [6.45, 7) is 0. The molecule has 0 aromatic rings. The third-order valence-electron chi connectivity index (χ3n) is 0.991. The molecule has 0 rings (SSSR count). The average Bonchev–Trinajstić information content (AvgIpc) is 1.87. The van der Waals surface area contributed by atoms with E-state index in [0.29, 0.717) is 0 Å². The maximum atomic E-state index is 9.91. The largest absolute Gasteiger partial charge is 1.00 e. The van der Waals surface area contributed by atoms with E-state index in [-0.39, 0.29) is 67.5 Å². The van der Waals surface area contributed by atoms with E-state index in [1.807, 2.05) is 0 Å². The second-order valence-electron chi connectivity index (χ2n) is 2.00. The molecule has 0 radical (unpaired) electrons. The van der Waals surface area contributed by atoms with Crippen molar-refractivity contribution in [3.05, 3.63) is 0 Å². The van der Waals surface area contributed by atoms with Crippen LogP contribution in [-0.4, -0.2) is 40.2 Å². The van der Waals surface area contributed by atoms with E-state index in [4.69, 9.17) is 5.11 Å². The summed E-state index contributed by atoms with van der Waals surface area (Å²) >= 11 is 0. The van der Waals surface area contributed by atoms with E-state index < -0.39 is 24.4 Å². The fourth-order valence-corrected chi connectivity index (χ4v) is 0.493. The van der Waals surface area contributed by atoms with Crippen LogP contribution in [0.4, 0.5) is 0 Å². The van der Waals surface area contributed by atoms with E-state index in [1.54, 1.807) is 0 Å². The van der Waals surface area contributed by atoms with Crippen molar-refractivity contribution in [2.75, 3.05) is 0 Å². The molecule has 0 aromatic heterocycles. The van der Waals surface area contributed by atoms with Gasteiger partial charge in [0.05, 0.1) is 0 Å². The molecule has 10 heteroatoms. The fourth-order valence-electron chi connectivity index (χ4n) is 0.493. The molecule has 0 saturated heterocycles. The second-order valence-corrected chi connectivity index (χ2v) is 2.00. The molecule has 0 aliphatic carbocycles. The Bertz CT molecular complexity index is 189. The van der Waals surface area contributed by atoms with Gasteiger partial charge in [0.1, 0.15) is 0 Å². The first kappa shape index (κ1) is 36.0. The second kappa shape index (κ2) is 17.9. The number of aliphatic hydroxyl groups is 1. The maximum absolute atomic E-state index is 9.91. The van der Waals surface area contributed by atoms with E-state index in [9.17, 15) is 19.5 Å². The van der Waals surface area contributed by atoms with Gasteiger partial charge in [-0.2, -0.15) is 0 Å². The van der Waals surface area contributed by atoms with Crippen molar-refractivity contribution in [3.63, 3.8) is 0 Å². The SMILES string of the molecule is O=[C-]CC(O)([C-]=O)CC(=O)[O-].[Li+].[Li+].[Li+].[OH-].[OH-]. The maximum Gasteiger partial charge on any atom is 1.00 e. The molecule has 0 fully saturated rings. The Kier molecular flexibility index (Phi) is 40.1. The van der Waals surface area contributed by atoms with E-state index in [1.165, 1.54) is 6.29 Å². The normalized spacial score (nSPS) is 10.3. The molecule has 1 atom stereocenters. The minimum absolute atomic E-state index is 0. The fraction of sp³-hybridized carbons (Fsp3) is 0.500. The van der Waals surface area contributed by atoms with Crippen molar-refractivity contribution >= 4 is 18.5 Å². The smallest absolute Gasteiger partial charge is 0.870 e. The zero-order valence-electron chi connectivity index (χ0n) is 9.39. The van der Waals surface area contributed by atoms with Gasteiger partial charge < -0.3 is 35.5 Å². The average molecular weight is 212 g/mol. The van der Waals surface area contributed by atoms with Gasteiger partial charge >= 0.3 is 56.6 Å². The number of carboxylic acid groups (broad SMARTS) is 1. The van der Waals surface area contributed by atoms with Gasteiger partial charge in [-0.05, 0) is 12.0 Å². The first-order valence-electron chi connectivity index (χ1n) is 2.70. The molecule has 0 spiro atoms.